The van der Waals surface area contributed by atoms with E-state index in [4.69, 9.17) is 16.7 Å². The minimum atomic E-state index is -1.22. The molecule has 0 aromatic heterocycles. The summed E-state index contributed by atoms with van der Waals surface area (Å²) in [5.74, 6) is -2.65. The SMILES string of the molecule is COc1cc(F)c(Cl)c(CC(=O)O)c1O. The minimum Gasteiger partial charge on any atom is -0.504 e. The number of benzene rings is 1. The van der Waals surface area contributed by atoms with Crippen molar-refractivity contribution in [1.82, 2.24) is 0 Å². The maximum absolute atomic E-state index is 13.1. The fraction of sp³-hybridized carbons (Fsp3) is 0.222. The van der Waals surface area contributed by atoms with E-state index in [1.807, 2.05) is 0 Å². The Kier molecular flexibility index (Phi) is 3.36. The number of aromatic hydroxyl groups is 1. The number of carboxylic acids is 1. The van der Waals surface area contributed by atoms with E-state index in [1.165, 1.54) is 7.11 Å². The zero-order valence-electron chi connectivity index (χ0n) is 7.75. The van der Waals surface area contributed by atoms with Gasteiger partial charge in [-0.2, -0.15) is 0 Å². The van der Waals surface area contributed by atoms with Crippen molar-refractivity contribution in [3.63, 3.8) is 0 Å². The molecule has 82 valence electrons. The lowest BCUT2D eigenvalue weighted by Gasteiger charge is -2.10. The maximum atomic E-state index is 13.1. The van der Waals surface area contributed by atoms with Crippen molar-refractivity contribution in [1.29, 1.82) is 0 Å². The van der Waals surface area contributed by atoms with E-state index in [2.05, 4.69) is 4.74 Å². The first-order valence-corrected chi connectivity index (χ1v) is 4.30. The summed E-state index contributed by atoms with van der Waals surface area (Å²) in [5, 5.41) is 17.6. The van der Waals surface area contributed by atoms with Crippen LogP contribution in [0.3, 0.4) is 0 Å². The van der Waals surface area contributed by atoms with Crippen LogP contribution in [0.15, 0.2) is 6.07 Å². The highest BCUT2D eigenvalue weighted by Crippen LogP contribution is 2.37. The molecule has 0 atom stereocenters. The lowest BCUT2D eigenvalue weighted by atomic mass is 10.1. The number of hydrogen-bond donors (Lipinski definition) is 2. The molecule has 1 aromatic carbocycles. The number of phenolic OH excluding ortho intramolecular Hbond substituents is 1. The van der Waals surface area contributed by atoms with E-state index in [0.29, 0.717) is 0 Å². The Hall–Kier alpha value is -1.49. The number of hydrogen-bond acceptors (Lipinski definition) is 3. The first-order chi connectivity index (χ1) is 6.97. The third-order valence-corrected chi connectivity index (χ3v) is 2.21. The molecule has 0 amide bonds. The molecule has 0 saturated heterocycles. The molecule has 1 rings (SSSR count). The zero-order chi connectivity index (χ0) is 11.6. The average Bonchev–Trinajstić information content (AvgIpc) is 2.18. The highest BCUT2D eigenvalue weighted by Gasteiger charge is 2.19. The van der Waals surface area contributed by atoms with Gasteiger partial charge in [-0.1, -0.05) is 11.6 Å². The van der Waals surface area contributed by atoms with Gasteiger partial charge in [0.25, 0.3) is 0 Å². The molecule has 0 heterocycles. The normalized spacial score (nSPS) is 10.1. The van der Waals surface area contributed by atoms with Crippen LogP contribution in [0.5, 0.6) is 11.5 Å². The van der Waals surface area contributed by atoms with Gasteiger partial charge in [0.2, 0.25) is 0 Å². The predicted octanol–water partition coefficient (Wildman–Crippen LogP) is 1.82. The van der Waals surface area contributed by atoms with E-state index in [-0.39, 0.29) is 11.3 Å². The number of carboxylic acid groups (broad SMARTS) is 1. The Labute approximate surface area is 89.9 Å². The molecule has 0 saturated carbocycles. The van der Waals surface area contributed by atoms with Crippen LogP contribution in [0.4, 0.5) is 4.39 Å². The molecule has 0 fully saturated rings. The van der Waals surface area contributed by atoms with E-state index in [9.17, 15) is 14.3 Å². The number of phenols is 1. The molecule has 1 aromatic rings. The van der Waals surface area contributed by atoms with Gasteiger partial charge in [-0.15, -0.1) is 0 Å². The fourth-order valence-electron chi connectivity index (χ4n) is 1.11. The van der Waals surface area contributed by atoms with Gasteiger partial charge in [0.15, 0.2) is 11.5 Å². The summed E-state index contributed by atoms with van der Waals surface area (Å²) >= 11 is 5.52. The van der Waals surface area contributed by atoms with E-state index >= 15 is 0 Å². The minimum absolute atomic E-state index is 0.145. The second-order valence-electron chi connectivity index (χ2n) is 2.77. The second kappa shape index (κ2) is 4.35. The third kappa shape index (κ3) is 2.30. The first-order valence-electron chi connectivity index (χ1n) is 3.93. The van der Waals surface area contributed by atoms with Gasteiger partial charge >= 0.3 is 5.97 Å². The Morgan fingerprint density at radius 1 is 1.67 bits per heavy atom. The monoisotopic (exact) mass is 234 g/mol. The second-order valence-corrected chi connectivity index (χ2v) is 3.15. The number of halogens is 2. The van der Waals surface area contributed by atoms with Crippen molar-refractivity contribution in [3.05, 3.63) is 22.5 Å². The number of ether oxygens (including phenoxy) is 1. The maximum Gasteiger partial charge on any atom is 0.308 e. The number of rotatable bonds is 3. The van der Waals surface area contributed by atoms with Crippen molar-refractivity contribution < 1.29 is 24.1 Å². The van der Waals surface area contributed by atoms with Crippen LogP contribution in [0.2, 0.25) is 5.02 Å². The lowest BCUT2D eigenvalue weighted by molar-refractivity contribution is -0.136. The molecular formula is C9H8ClFO4. The lowest BCUT2D eigenvalue weighted by Crippen LogP contribution is -2.03. The largest absolute Gasteiger partial charge is 0.504 e. The Morgan fingerprint density at radius 3 is 2.73 bits per heavy atom. The highest BCUT2D eigenvalue weighted by atomic mass is 35.5. The Balaban J connectivity index is 3.33. The van der Waals surface area contributed by atoms with Gasteiger partial charge in [-0.25, -0.2) is 4.39 Å². The standard InChI is InChI=1S/C9H8ClFO4/c1-15-6-3-5(11)8(10)4(9(6)14)2-7(12)13/h3,14H,2H2,1H3,(H,12,13). The summed E-state index contributed by atoms with van der Waals surface area (Å²) in [5.41, 5.74) is -0.194. The van der Waals surface area contributed by atoms with Crippen LogP contribution in [-0.2, 0) is 11.2 Å². The molecule has 0 spiro atoms. The summed E-state index contributed by atoms with van der Waals surface area (Å²) in [6.07, 6.45) is -0.571. The number of methoxy groups -OCH3 is 1. The molecule has 0 aliphatic carbocycles. The summed E-state index contributed by atoms with van der Waals surface area (Å²) in [6, 6.07) is 0.892. The molecule has 0 aliphatic rings. The van der Waals surface area contributed by atoms with Gasteiger partial charge < -0.3 is 14.9 Å². The number of aliphatic carboxylic acids is 1. The van der Waals surface area contributed by atoms with Crippen molar-refractivity contribution in [3.8, 4) is 11.5 Å². The van der Waals surface area contributed by atoms with Crippen molar-refractivity contribution in [2.75, 3.05) is 7.11 Å². The van der Waals surface area contributed by atoms with Crippen molar-refractivity contribution >= 4 is 17.6 Å². The summed E-state index contributed by atoms with van der Waals surface area (Å²) in [6.45, 7) is 0. The van der Waals surface area contributed by atoms with Crippen LogP contribution >= 0.6 is 11.6 Å². The van der Waals surface area contributed by atoms with Gasteiger partial charge in [-0.3, -0.25) is 4.79 Å². The van der Waals surface area contributed by atoms with Crippen LogP contribution in [0.25, 0.3) is 0 Å². The highest BCUT2D eigenvalue weighted by molar-refractivity contribution is 6.32. The molecule has 6 heteroatoms. The zero-order valence-corrected chi connectivity index (χ0v) is 8.51. The molecular weight excluding hydrogens is 227 g/mol. The predicted molar refractivity (Wildman–Crippen MR) is 51.0 cm³/mol. The van der Waals surface area contributed by atoms with Gasteiger partial charge in [-0.05, 0) is 0 Å². The molecule has 4 nitrogen and oxygen atoms in total. The summed E-state index contributed by atoms with van der Waals surface area (Å²) in [7, 11) is 1.23. The molecule has 15 heavy (non-hydrogen) atoms. The summed E-state index contributed by atoms with van der Waals surface area (Å²) in [4.78, 5) is 10.5. The fourth-order valence-corrected chi connectivity index (χ4v) is 1.32. The molecule has 0 radical (unpaired) electrons. The van der Waals surface area contributed by atoms with Gasteiger partial charge in [0.05, 0.1) is 18.6 Å². The summed E-state index contributed by atoms with van der Waals surface area (Å²) < 4.78 is 17.8. The topological polar surface area (TPSA) is 66.8 Å². The van der Waals surface area contributed by atoms with Crippen LogP contribution < -0.4 is 4.74 Å². The third-order valence-electron chi connectivity index (χ3n) is 1.80. The average molecular weight is 235 g/mol. The first kappa shape index (κ1) is 11.6. The van der Waals surface area contributed by atoms with E-state index < -0.39 is 29.0 Å². The van der Waals surface area contributed by atoms with Gasteiger partial charge in [0.1, 0.15) is 5.82 Å². The number of carbonyl (C=O) groups is 1. The van der Waals surface area contributed by atoms with Crippen LogP contribution in [0.1, 0.15) is 5.56 Å². The van der Waals surface area contributed by atoms with E-state index in [1.54, 1.807) is 0 Å². The molecule has 0 aliphatic heterocycles. The molecule has 0 bridgehead atoms. The smallest absolute Gasteiger partial charge is 0.308 e. The quantitative estimate of drug-likeness (QED) is 0.837. The van der Waals surface area contributed by atoms with Gasteiger partial charge in [0, 0.05) is 11.6 Å². The van der Waals surface area contributed by atoms with E-state index in [0.717, 1.165) is 6.07 Å². The van der Waals surface area contributed by atoms with Crippen LogP contribution in [0, 0.1) is 5.82 Å². The Bertz CT molecular complexity index is 406. The molecule has 0 unspecified atom stereocenters. The Morgan fingerprint density at radius 2 is 2.27 bits per heavy atom. The van der Waals surface area contributed by atoms with Crippen molar-refractivity contribution in [2.24, 2.45) is 0 Å². The van der Waals surface area contributed by atoms with Crippen molar-refractivity contribution in [2.45, 2.75) is 6.42 Å². The van der Waals surface area contributed by atoms with Crippen LogP contribution in [-0.4, -0.2) is 23.3 Å². The molecule has 2 N–H and O–H groups in total.